The molecule has 2 heterocycles. The van der Waals surface area contributed by atoms with E-state index < -0.39 is 0 Å². The molecule has 3 rings (SSSR count). The second kappa shape index (κ2) is 8.02. The second-order valence-corrected chi connectivity index (χ2v) is 6.21. The number of ketones is 1. The van der Waals surface area contributed by atoms with Gasteiger partial charge < -0.3 is 9.47 Å². The lowest BCUT2D eigenvalue weighted by Gasteiger charge is -2.43. The summed E-state index contributed by atoms with van der Waals surface area (Å²) in [6, 6.07) is 10.4. The average Bonchev–Trinajstić information content (AvgIpc) is 2.61. The van der Waals surface area contributed by atoms with Gasteiger partial charge in [-0.15, -0.1) is 0 Å². The van der Waals surface area contributed by atoms with Crippen LogP contribution < -0.4 is 0 Å². The van der Waals surface area contributed by atoms with E-state index in [2.05, 4.69) is 34.1 Å². The second-order valence-electron chi connectivity index (χ2n) is 6.21. The summed E-state index contributed by atoms with van der Waals surface area (Å²) in [7, 11) is 0. The lowest BCUT2D eigenvalue weighted by atomic mass is 9.93. The number of ether oxygens (including phenoxy) is 2. The highest BCUT2D eigenvalue weighted by molar-refractivity contribution is 5.82. The monoisotopic (exact) mass is 318 g/mol. The molecule has 0 N–H and O–H groups in total. The maximum absolute atomic E-state index is 12.6. The molecule has 1 aromatic rings. The highest BCUT2D eigenvalue weighted by atomic mass is 16.5. The predicted octanol–water partition coefficient (Wildman–Crippen LogP) is 1.35. The van der Waals surface area contributed by atoms with Crippen LogP contribution in [0.4, 0.5) is 0 Å². The molecule has 0 aliphatic carbocycles. The van der Waals surface area contributed by atoms with E-state index in [1.807, 2.05) is 6.07 Å². The maximum Gasteiger partial charge on any atom is 0.148 e. The Morgan fingerprint density at radius 2 is 1.43 bits per heavy atom. The highest BCUT2D eigenvalue weighted by Crippen LogP contribution is 2.29. The van der Waals surface area contributed by atoms with Crippen molar-refractivity contribution in [1.29, 1.82) is 0 Å². The fourth-order valence-corrected chi connectivity index (χ4v) is 3.63. The van der Waals surface area contributed by atoms with Crippen molar-refractivity contribution in [2.24, 2.45) is 0 Å². The van der Waals surface area contributed by atoms with Gasteiger partial charge in [0.25, 0.3) is 0 Å². The van der Waals surface area contributed by atoms with Crippen molar-refractivity contribution >= 4 is 5.78 Å². The Bertz CT molecular complexity index is 496. The number of benzene rings is 1. The number of carbonyl (C=O) groups is 1. The fraction of sp³-hybridized carbons (Fsp3) is 0.611. The van der Waals surface area contributed by atoms with Gasteiger partial charge in [-0.05, 0) is 12.5 Å². The number of rotatable bonds is 5. The van der Waals surface area contributed by atoms with Gasteiger partial charge in [0.1, 0.15) is 5.78 Å². The van der Waals surface area contributed by atoms with Crippen molar-refractivity contribution in [3.63, 3.8) is 0 Å². The molecule has 2 fully saturated rings. The van der Waals surface area contributed by atoms with Crippen LogP contribution in [0.3, 0.4) is 0 Å². The minimum Gasteiger partial charge on any atom is -0.379 e. The number of morpholine rings is 2. The molecule has 0 radical (unpaired) electrons. The zero-order valence-electron chi connectivity index (χ0n) is 13.8. The molecular weight excluding hydrogens is 292 g/mol. The lowest BCUT2D eigenvalue weighted by molar-refractivity contribution is -0.128. The van der Waals surface area contributed by atoms with E-state index in [-0.39, 0.29) is 17.9 Å². The Hall–Kier alpha value is -1.27. The van der Waals surface area contributed by atoms with Crippen LogP contribution >= 0.6 is 0 Å². The first-order chi connectivity index (χ1) is 11.3. The molecule has 0 bridgehead atoms. The molecule has 5 heteroatoms. The normalized spacial score (nSPS) is 23.3. The van der Waals surface area contributed by atoms with Gasteiger partial charge in [0.05, 0.1) is 38.5 Å². The first kappa shape index (κ1) is 16.6. The first-order valence-corrected chi connectivity index (χ1v) is 8.46. The van der Waals surface area contributed by atoms with Gasteiger partial charge in [-0.25, -0.2) is 0 Å². The number of nitrogens with zero attached hydrogens (tertiary/aromatic N) is 2. The standard InChI is InChI=1S/C18H26N2O3/c1-15(21)17(19-7-11-22-12-8-19)18(16-5-3-2-4-6-16)20-9-13-23-14-10-20/h2-6,17-18H,7-14H2,1H3/t17-,18?/m1/s1. The van der Waals surface area contributed by atoms with Crippen LogP contribution in [-0.4, -0.2) is 74.2 Å². The van der Waals surface area contributed by atoms with Crippen molar-refractivity contribution in [3.8, 4) is 0 Å². The van der Waals surface area contributed by atoms with Gasteiger partial charge in [-0.3, -0.25) is 14.6 Å². The molecule has 23 heavy (non-hydrogen) atoms. The van der Waals surface area contributed by atoms with Gasteiger partial charge >= 0.3 is 0 Å². The summed E-state index contributed by atoms with van der Waals surface area (Å²) in [6.45, 7) is 7.96. The van der Waals surface area contributed by atoms with E-state index in [1.165, 1.54) is 5.56 Å². The zero-order valence-corrected chi connectivity index (χ0v) is 13.8. The van der Waals surface area contributed by atoms with Crippen LogP contribution in [0.1, 0.15) is 18.5 Å². The van der Waals surface area contributed by atoms with Crippen LogP contribution in [0.25, 0.3) is 0 Å². The van der Waals surface area contributed by atoms with Crippen LogP contribution in [0, 0.1) is 0 Å². The molecule has 0 saturated carbocycles. The van der Waals surface area contributed by atoms with Crippen molar-refractivity contribution in [2.75, 3.05) is 52.6 Å². The van der Waals surface area contributed by atoms with Gasteiger partial charge in [0.15, 0.2) is 0 Å². The molecule has 5 nitrogen and oxygen atoms in total. The molecule has 2 saturated heterocycles. The van der Waals surface area contributed by atoms with Crippen LogP contribution in [0.15, 0.2) is 30.3 Å². The third-order valence-corrected chi connectivity index (χ3v) is 4.73. The average molecular weight is 318 g/mol. The van der Waals surface area contributed by atoms with Crippen molar-refractivity contribution in [2.45, 2.75) is 19.0 Å². The topological polar surface area (TPSA) is 42.0 Å². The van der Waals surface area contributed by atoms with Crippen LogP contribution in [0.5, 0.6) is 0 Å². The summed E-state index contributed by atoms with van der Waals surface area (Å²) >= 11 is 0. The molecule has 2 aliphatic heterocycles. The van der Waals surface area contributed by atoms with E-state index in [9.17, 15) is 4.79 Å². The maximum atomic E-state index is 12.6. The third-order valence-electron chi connectivity index (χ3n) is 4.73. The first-order valence-electron chi connectivity index (χ1n) is 8.46. The molecular formula is C18H26N2O3. The predicted molar refractivity (Wildman–Crippen MR) is 88.4 cm³/mol. The van der Waals surface area contributed by atoms with Crippen molar-refractivity contribution in [3.05, 3.63) is 35.9 Å². The number of hydrogen-bond acceptors (Lipinski definition) is 5. The quantitative estimate of drug-likeness (QED) is 0.820. The summed E-state index contributed by atoms with van der Waals surface area (Å²) in [5.74, 6) is 0.229. The number of hydrogen-bond donors (Lipinski definition) is 0. The number of Topliss-reactive ketones (excluding diaryl/α,β-unsaturated/α-hetero) is 1. The van der Waals surface area contributed by atoms with E-state index in [1.54, 1.807) is 6.92 Å². The summed E-state index contributed by atoms with van der Waals surface area (Å²) in [5, 5.41) is 0. The summed E-state index contributed by atoms with van der Waals surface area (Å²) in [5.41, 5.74) is 1.21. The minimum absolute atomic E-state index is 0.0794. The van der Waals surface area contributed by atoms with Crippen LogP contribution in [-0.2, 0) is 14.3 Å². The summed E-state index contributed by atoms with van der Waals surface area (Å²) < 4.78 is 11.0. The SMILES string of the molecule is CC(=O)[C@H](C(c1ccccc1)N1CCOCC1)N1CCOCC1. The van der Waals surface area contributed by atoms with Gasteiger partial charge in [-0.2, -0.15) is 0 Å². The Labute approximate surface area is 138 Å². The van der Waals surface area contributed by atoms with Gasteiger partial charge in [0.2, 0.25) is 0 Å². The van der Waals surface area contributed by atoms with E-state index in [4.69, 9.17) is 9.47 Å². The number of carbonyl (C=O) groups excluding carboxylic acids is 1. The van der Waals surface area contributed by atoms with Crippen molar-refractivity contribution < 1.29 is 14.3 Å². The zero-order chi connectivity index (χ0) is 16.1. The van der Waals surface area contributed by atoms with Gasteiger partial charge in [0, 0.05) is 26.2 Å². The smallest absolute Gasteiger partial charge is 0.148 e. The Morgan fingerprint density at radius 1 is 0.913 bits per heavy atom. The molecule has 0 amide bonds. The summed E-state index contributed by atoms with van der Waals surface area (Å²) in [6.07, 6.45) is 0. The largest absolute Gasteiger partial charge is 0.379 e. The van der Waals surface area contributed by atoms with Gasteiger partial charge in [-0.1, -0.05) is 30.3 Å². The Kier molecular flexibility index (Phi) is 5.78. The summed E-state index contributed by atoms with van der Waals surface area (Å²) in [4.78, 5) is 17.3. The molecule has 2 aliphatic rings. The van der Waals surface area contributed by atoms with Crippen molar-refractivity contribution in [1.82, 2.24) is 9.80 Å². The molecule has 1 aromatic carbocycles. The van der Waals surface area contributed by atoms with Crippen LogP contribution in [0.2, 0.25) is 0 Å². The molecule has 1 unspecified atom stereocenters. The van der Waals surface area contributed by atoms with E-state index >= 15 is 0 Å². The highest BCUT2D eigenvalue weighted by Gasteiger charge is 2.37. The third kappa shape index (κ3) is 3.98. The molecule has 0 spiro atoms. The Balaban J connectivity index is 1.91. The molecule has 0 aromatic heterocycles. The molecule has 2 atom stereocenters. The lowest BCUT2D eigenvalue weighted by Crippen LogP contribution is -2.55. The fourth-order valence-electron chi connectivity index (χ4n) is 3.63. The van der Waals surface area contributed by atoms with E-state index in [0.717, 1.165) is 39.4 Å². The van der Waals surface area contributed by atoms with E-state index in [0.29, 0.717) is 13.2 Å². The molecule has 126 valence electrons. The Morgan fingerprint density at radius 3 is 1.96 bits per heavy atom. The minimum atomic E-state index is -0.126.